The minimum atomic E-state index is -3.83. The molecule has 2 aromatic heterocycles. The summed E-state index contributed by atoms with van der Waals surface area (Å²) in [6.45, 7) is 3.68. The van der Waals surface area contributed by atoms with Crippen LogP contribution < -0.4 is 4.72 Å². The lowest BCUT2D eigenvalue weighted by atomic mass is 10.4. The van der Waals surface area contributed by atoms with Gasteiger partial charge >= 0.3 is 5.97 Å². The van der Waals surface area contributed by atoms with Gasteiger partial charge < -0.3 is 14.1 Å². The van der Waals surface area contributed by atoms with Crippen molar-refractivity contribution in [1.82, 2.24) is 14.3 Å². The van der Waals surface area contributed by atoms with Crippen LogP contribution in [-0.2, 0) is 23.1 Å². The molecule has 0 radical (unpaired) electrons. The Morgan fingerprint density at radius 1 is 1.52 bits per heavy atom. The summed E-state index contributed by atoms with van der Waals surface area (Å²) in [5.41, 5.74) is -0.0788. The van der Waals surface area contributed by atoms with Crippen molar-refractivity contribution in [2.24, 2.45) is 0 Å². The van der Waals surface area contributed by atoms with Gasteiger partial charge in [-0.2, -0.15) is 0 Å². The molecule has 0 saturated carbocycles. The van der Waals surface area contributed by atoms with Crippen LogP contribution in [0.4, 0.5) is 0 Å². The summed E-state index contributed by atoms with van der Waals surface area (Å²) in [5, 5.41) is 9.03. The number of nitrogens with one attached hydrogen (secondary N) is 1. The van der Waals surface area contributed by atoms with Gasteiger partial charge in [0, 0.05) is 12.7 Å². The minimum Gasteiger partial charge on any atom is -0.477 e. The first-order valence-electron chi connectivity index (χ1n) is 6.18. The molecule has 0 aliphatic heterocycles. The Bertz CT molecular complexity index is 760. The number of aromatic nitrogens is 2. The van der Waals surface area contributed by atoms with E-state index in [9.17, 15) is 13.2 Å². The molecule has 0 aliphatic rings. The standard InChI is InChI=1S/C12H15N3O5S/c1-3-15-7-9(4-10(15)12(16)17)21(18,19)14-6-11-13-5-8(2)20-11/h4-5,7,14H,3,6H2,1-2H3,(H,16,17). The van der Waals surface area contributed by atoms with Crippen LogP contribution in [0.1, 0.15) is 29.1 Å². The van der Waals surface area contributed by atoms with E-state index in [-0.39, 0.29) is 23.0 Å². The van der Waals surface area contributed by atoms with Gasteiger partial charge in [0.2, 0.25) is 15.9 Å². The maximum Gasteiger partial charge on any atom is 0.352 e. The van der Waals surface area contributed by atoms with E-state index in [1.807, 2.05) is 0 Å². The zero-order valence-corrected chi connectivity index (χ0v) is 12.3. The molecule has 21 heavy (non-hydrogen) atoms. The van der Waals surface area contributed by atoms with Gasteiger partial charge in [-0.15, -0.1) is 0 Å². The van der Waals surface area contributed by atoms with Crippen LogP contribution in [0.2, 0.25) is 0 Å². The molecule has 8 nitrogen and oxygen atoms in total. The van der Waals surface area contributed by atoms with Crippen molar-refractivity contribution in [2.75, 3.05) is 0 Å². The number of hydrogen-bond acceptors (Lipinski definition) is 5. The predicted octanol–water partition coefficient (Wildman–Crippen LogP) is 0.981. The Balaban J connectivity index is 2.21. The largest absolute Gasteiger partial charge is 0.477 e. The molecule has 0 aliphatic carbocycles. The molecule has 9 heteroatoms. The molecule has 0 aromatic carbocycles. The van der Waals surface area contributed by atoms with E-state index < -0.39 is 16.0 Å². The lowest BCUT2D eigenvalue weighted by Crippen LogP contribution is -2.23. The molecule has 0 unspecified atom stereocenters. The Morgan fingerprint density at radius 2 is 2.24 bits per heavy atom. The van der Waals surface area contributed by atoms with Gasteiger partial charge in [-0.1, -0.05) is 0 Å². The van der Waals surface area contributed by atoms with E-state index in [2.05, 4.69) is 9.71 Å². The van der Waals surface area contributed by atoms with E-state index in [0.29, 0.717) is 12.3 Å². The second kappa shape index (κ2) is 5.70. The second-order valence-corrected chi connectivity index (χ2v) is 6.11. The predicted molar refractivity (Wildman–Crippen MR) is 72.3 cm³/mol. The molecule has 0 bridgehead atoms. The topological polar surface area (TPSA) is 114 Å². The van der Waals surface area contributed by atoms with Crippen LogP contribution in [0.3, 0.4) is 0 Å². The first-order chi connectivity index (χ1) is 9.83. The molecular formula is C12H15N3O5S. The molecule has 2 aromatic rings. The highest BCUT2D eigenvalue weighted by atomic mass is 32.2. The van der Waals surface area contributed by atoms with E-state index in [1.54, 1.807) is 13.8 Å². The fourth-order valence-corrected chi connectivity index (χ4v) is 2.81. The number of nitrogens with zero attached hydrogens (tertiary/aromatic N) is 2. The molecule has 0 saturated heterocycles. The van der Waals surface area contributed by atoms with Crippen molar-refractivity contribution in [3.8, 4) is 0 Å². The van der Waals surface area contributed by atoms with Gasteiger partial charge in [0.25, 0.3) is 0 Å². The SMILES string of the molecule is CCn1cc(S(=O)(=O)NCc2ncc(C)o2)cc1C(=O)O. The minimum absolute atomic E-state index is 0.0788. The molecule has 2 rings (SSSR count). The number of carboxylic acids is 1. The quantitative estimate of drug-likeness (QED) is 0.821. The van der Waals surface area contributed by atoms with E-state index in [1.165, 1.54) is 17.0 Å². The van der Waals surface area contributed by atoms with Crippen molar-refractivity contribution >= 4 is 16.0 Å². The molecule has 114 valence electrons. The molecule has 0 amide bonds. The molecular weight excluding hydrogens is 298 g/mol. The highest BCUT2D eigenvalue weighted by Gasteiger charge is 2.21. The highest BCUT2D eigenvalue weighted by molar-refractivity contribution is 7.89. The first-order valence-corrected chi connectivity index (χ1v) is 7.66. The van der Waals surface area contributed by atoms with E-state index >= 15 is 0 Å². The average molecular weight is 313 g/mol. The van der Waals surface area contributed by atoms with Crippen LogP contribution >= 0.6 is 0 Å². The normalized spacial score (nSPS) is 11.7. The summed E-state index contributed by atoms with van der Waals surface area (Å²) in [7, 11) is -3.83. The molecule has 0 spiro atoms. The van der Waals surface area contributed by atoms with Crippen molar-refractivity contribution in [1.29, 1.82) is 0 Å². The van der Waals surface area contributed by atoms with Crippen molar-refractivity contribution in [3.05, 3.63) is 35.8 Å². The molecule has 0 fully saturated rings. The third-order valence-corrected chi connectivity index (χ3v) is 4.19. The Hall–Kier alpha value is -2.13. The number of carboxylic acid groups (broad SMARTS) is 1. The number of carbonyl (C=O) groups is 1. The fraction of sp³-hybridized carbons (Fsp3) is 0.333. The van der Waals surface area contributed by atoms with Gasteiger partial charge in [-0.25, -0.2) is 22.9 Å². The van der Waals surface area contributed by atoms with Crippen LogP contribution in [-0.4, -0.2) is 29.0 Å². The number of hydrogen-bond donors (Lipinski definition) is 2. The van der Waals surface area contributed by atoms with Gasteiger partial charge in [0.1, 0.15) is 16.3 Å². The monoisotopic (exact) mass is 313 g/mol. The van der Waals surface area contributed by atoms with Crippen LogP contribution in [0.25, 0.3) is 0 Å². The Morgan fingerprint density at radius 3 is 2.71 bits per heavy atom. The van der Waals surface area contributed by atoms with Crippen LogP contribution in [0, 0.1) is 6.92 Å². The summed E-state index contributed by atoms with van der Waals surface area (Å²) in [4.78, 5) is 14.8. The summed E-state index contributed by atoms with van der Waals surface area (Å²) >= 11 is 0. The fourth-order valence-electron chi connectivity index (χ4n) is 1.79. The van der Waals surface area contributed by atoms with Gasteiger partial charge in [-0.3, -0.25) is 0 Å². The number of sulfonamides is 1. The number of rotatable bonds is 6. The smallest absolute Gasteiger partial charge is 0.352 e. The highest BCUT2D eigenvalue weighted by Crippen LogP contribution is 2.15. The summed E-state index contributed by atoms with van der Waals surface area (Å²) in [5.74, 6) is -0.361. The molecule has 0 atom stereocenters. The summed E-state index contributed by atoms with van der Waals surface area (Å²) in [6.07, 6.45) is 2.77. The van der Waals surface area contributed by atoms with Crippen LogP contribution in [0.15, 0.2) is 27.8 Å². The number of aryl methyl sites for hydroxylation is 2. The average Bonchev–Trinajstić information content (AvgIpc) is 3.02. The third kappa shape index (κ3) is 3.31. The molecule has 2 N–H and O–H groups in total. The maximum absolute atomic E-state index is 12.1. The second-order valence-electron chi connectivity index (χ2n) is 4.34. The van der Waals surface area contributed by atoms with Gasteiger partial charge in [0.15, 0.2) is 0 Å². The number of aromatic carboxylic acids is 1. The summed E-state index contributed by atoms with van der Waals surface area (Å²) in [6, 6.07) is 1.12. The lowest BCUT2D eigenvalue weighted by molar-refractivity contribution is 0.0685. The lowest BCUT2D eigenvalue weighted by Gasteiger charge is -2.02. The van der Waals surface area contributed by atoms with Gasteiger partial charge in [-0.05, 0) is 19.9 Å². The Kier molecular flexibility index (Phi) is 4.14. The van der Waals surface area contributed by atoms with E-state index in [0.717, 1.165) is 6.07 Å². The van der Waals surface area contributed by atoms with Crippen molar-refractivity contribution in [2.45, 2.75) is 31.8 Å². The zero-order chi connectivity index (χ0) is 15.6. The Labute approximate surface area is 121 Å². The van der Waals surface area contributed by atoms with Crippen LogP contribution in [0.5, 0.6) is 0 Å². The van der Waals surface area contributed by atoms with E-state index in [4.69, 9.17) is 9.52 Å². The summed E-state index contributed by atoms with van der Waals surface area (Å²) < 4.78 is 33.1. The maximum atomic E-state index is 12.1. The van der Waals surface area contributed by atoms with Crippen molar-refractivity contribution in [3.63, 3.8) is 0 Å². The third-order valence-electron chi connectivity index (χ3n) is 2.82. The van der Waals surface area contributed by atoms with Gasteiger partial charge in [0.05, 0.1) is 12.7 Å². The van der Waals surface area contributed by atoms with Crippen molar-refractivity contribution < 1.29 is 22.7 Å². The first kappa shape index (κ1) is 15.3. The zero-order valence-electron chi connectivity index (χ0n) is 11.5. The molecule has 2 heterocycles. The number of oxazole rings is 1.